The molecule has 5 heteroatoms. The van der Waals surface area contributed by atoms with Crippen LogP contribution in [0.4, 0.5) is 10.5 Å². The first-order valence-corrected chi connectivity index (χ1v) is 7.49. The van der Waals surface area contributed by atoms with Gasteiger partial charge in [-0.1, -0.05) is 0 Å². The van der Waals surface area contributed by atoms with Gasteiger partial charge in [0.1, 0.15) is 5.60 Å². The SMILES string of the molecule is C[C@H]1CCC[C@H](c2cncc(N)c2)N1C(=O)OC(C)(C)C. The van der Waals surface area contributed by atoms with Crippen molar-refractivity contribution in [1.29, 1.82) is 0 Å². The van der Waals surface area contributed by atoms with Crippen molar-refractivity contribution in [2.24, 2.45) is 0 Å². The van der Waals surface area contributed by atoms with Crippen LogP contribution in [0.1, 0.15) is 58.6 Å². The summed E-state index contributed by atoms with van der Waals surface area (Å²) in [5.74, 6) is 0. The van der Waals surface area contributed by atoms with Gasteiger partial charge in [-0.2, -0.15) is 0 Å². The highest BCUT2D eigenvalue weighted by Crippen LogP contribution is 2.35. The largest absolute Gasteiger partial charge is 0.444 e. The van der Waals surface area contributed by atoms with E-state index in [9.17, 15) is 4.79 Å². The van der Waals surface area contributed by atoms with Gasteiger partial charge in [0.25, 0.3) is 0 Å². The second-order valence-corrected chi connectivity index (χ2v) is 6.73. The van der Waals surface area contributed by atoms with E-state index in [1.165, 1.54) is 0 Å². The van der Waals surface area contributed by atoms with Crippen LogP contribution in [0, 0.1) is 0 Å². The highest BCUT2D eigenvalue weighted by Gasteiger charge is 2.35. The van der Waals surface area contributed by atoms with Crippen molar-refractivity contribution >= 4 is 11.8 Å². The highest BCUT2D eigenvalue weighted by atomic mass is 16.6. The molecule has 2 rings (SSSR count). The fourth-order valence-electron chi connectivity index (χ4n) is 2.80. The second kappa shape index (κ2) is 5.92. The Morgan fingerprint density at radius 1 is 1.38 bits per heavy atom. The summed E-state index contributed by atoms with van der Waals surface area (Å²) < 4.78 is 5.56. The van der Waals surface area contributed by atoms with Crippen LogP contribution in [0.5, 0.6) is 0 Å². The smallest absolute Gasteiger partial charge is 0.411 e. The molecular weight excluding hydrogens is 266 g/mol. The van der Waals surface area contributed by atoms with Crippen molar-refractivity contribution in [3.05, 3.63) is 24.0 Å². The van der Waals surface area contributed by atoms with E-state index in [1.807, 2.05) is 31.7 Å². The first-order chi connectivity index (χ1) is 9.78. The molecule has 2 atom stereocenters. The maximum absolute atomic E-state index is 12.5. The molecule has 1 amide bonds. The lowest BCUT2D eigenvalue weighted by Crippen LogP contribution is -2.46. The van der Waals surface area contributed by atoms with E-state index < -0.39 is 5.60 Å². The number of hydrogen-bond donors (Lipinski definition) is 1. The van der Waals surface area contributed by atoms with Crippen LogP contribution < -0.4 is 5.73 Å². The number of anilines is 1. The predicted octanol–water partition coefficient (Wildman–Crippen LogP) is 3.51. The summed E-state index contributed by atoms with van der Waals surface area (Å²) in [4.78, 5) is 18.5. The van der Waals surface area contributed by atoms with Crippen molar-refractivity contribution in [3.8, 4) is 0 Å². The van der Waals surface area contributed by atoms with Gasteiger partial charge in [-0.3, -0.25) is 9.88 Å². The van der Waals surface area contributed by atoms with E-state index in [2.05, 4.69) is 11.9 Å². The highest BCUT2D eigenvalue weighted by molar-refractivity contribution is 5.69. The van der Waals surface area contributed by atoms with Gasteiger partial charge in [-0.25, -0.2) is 4.79 Å². The molecule has 1 aromatic rings. The Morgan fingerprint density at radius 3 is 2.71 bits per heavy atom. The van der Waals surface area contributed by atoms with Crippen molar-refractivity contribution in [3.63, 3.8) is 0 Å². The summed E-state index contributed by atoms with van der Waals surface area (Å²) in [6.07, 6.45) is 6.13. The van der Waals surface area contributed by atoms with Crippen LogP contribution in [0.15, 0.2) is 18.5 Å². The number of aromatic nitrogens is 1. The molecule has 0 aliphatic carbocycles. The molecule has 0 bridgehead atoms. The Labute approximate surface area is 126 Å². The van der Waals surface area contributed by atoms with Crippen molar-refractivity contribution in [2.75, 3.05) is 5.73 Å². The molecular formula is C16H25N3O2. The van der Waals surface area contributed by atoms with Crippen LogP contribution in [0.2, 0.25) is 0 Å². The Hall–Kier alpha value is -1.78. The van der Waals surface area contributed by atoms with Gasteiger partial charge in [0, 0.05) is 18.4 Å². The molecule has 0 aromatic carbocycles. The number of ether oxygens (including phenoxy) is 1. The third-order valence-corrected chi connectivity index (χ3v) is 3.68. The molecule has 116 valence electrons. The van der Waals surface area contributed by atoms with Gasteiger partial charge >= 0.3 is 6.09 Å². The molecule has 2 N–H and O–H groups in total. The fourth-order valence-corrected chi connectivity index (χ4v) is 2.80. The van der Waals surface area contributed by atoms with Gasteiger partial charge in [0.2, 0.25) is 0 Å². The summed E-state index contributed by atoms with van der Waals surface area (Å²) in [6, 6.07) is 2.03. The number of hydrogen-bond acceptors (Lipinski definition) is 4. The van der Waals surface area contributed by atoms with Crippen LogP contribution in [0.25, 0.3) is 0 Å². The number of nitrogens with zero attached hydrogens (tertiary/aromatic N) is 2. The molecule has 21 heavy (non-hydrogen) atoms. The van der Waals surface area contributed by atoms with E-state index in [0.717, 1.165) is 24.8 Å². The first-order valence-electron chi connectivity index (χ1n) is 7.49. The molecule has 1 fully saturated rings. The Kier molecular flexibility index (Phi) is 4.40. The molecule has 1 aliphatic rings. The number of carbonyl (C=O) groups is 1. The van der Waals surface area contributed by atoms with Crippen molar-refractivity contribution in [2.45, 2.75) is 64.6 Å². The maximum atomic E-state index is 12.5. The first kappa shape index (κ1) is 15.6. The molecule has 0 saturated carbocycles. The zero-order valence-corrected chi connectivity index (χ0v) is 13.3. The topological polar surface area (TPSA) is 68.5 Å². The predicted molar refractivity (Wildman–Crippen MR) is 82.8 cm³/mol. The molecule has 2 heterocycles. The van der Waals surface area contributed by atoms with Crippen molar-refractivity contribution in [1.82, 2.24) is 9.88 Å². The molecule has 1 saturated heterocycles. The minimum absolute atomic E-state index is 0.0143. The van der Waals surface area contributed by atoms with Gasteiger partial charge in [0.05, 0.1) is 11.7 Å². The van der Waals surface area contributed by atoms with Gasteiger partial charge in [-0.15, -0.1) is 0 Å². The summed E-state index contributed by atoms with van der Waals surface area (Å²) in [5, 5.41) is 0. The summed E-state index contributed by atoms with van der Waals surface area (Å²) in [7, 11) is 0. The van der Waals surface area contributed by atoms with Crippen LogP contribution in [-0.4, -0.2) is 27.6 Å². The fraction of sp³-hybridized carbons (Fsp3) is 0.625. The summed E-state index contributed by atoms with van der Waals surface area (Å²) in [6.45, 7) is 7.72. The molecule has 5 nitrogen and oxygen atoms in total. The Morgan fingerprint density at radius 2 is 2.10 bits per heavy atom. The minimum atomic E-state index is -0.493. The van der Waals surface area contributed by atoms with E-state index in [4.69, 9.17) is 10.5 Å². The number of piperidine rings is 1. The quantitative estimate of drug-likeness (QED) is 0.859. The molecule has 0 radical (unpaired) electrons. The molecule has 0 spiro atoms. The van der Waals surface area contributed by atoms with E-state index >= 15 is 0 Å². The Bertz CT molecular complexity index is 510. The number of carbonyl (C=O) groups excluding carboxylic acids is 1. The average molecular weight is 291 g/mol. The molecule has 1 aromatic heterocycles. The van der Waals surface area contributed by atoms with Crippen LogP contribution in [0.3, 0.4) is 0 Å². The molecule has 0 unspecified atom stereocenters. The third kappa shape index (κ3) is 3.86. The zero-order chi connectivity index (χ0) is 15.6. The van der Waals surface area contributed by atoms with Gasteiger partial charge in [0.15, 0.2) is 0 Å². The van der Waals surface area contributed by atoms with Gasteiger partial charge in [-0.05, 0) is 58.6 Å². The maximum Gasteiger partial charge on any atom is 0.411 e. The number of pyridine rings is 1. The second-order valence-electron chi connectivity index (χ2n) is 6.73. The van der Waals surface area contributed by atoms with E-state index in [0.29, 0.717) is 5.69 Å². The van der Waals surface area contributed by atoms with Crippen molar-refractivity contribution < 1.29 is 9.53 Å². The van der Waals surface area contributed by atoms with E-state index in [1.54, 1.807) is 12.4 Å². The average Bonchev–Trinajstić information content (AvgIpc) is 2.36. The standard InChI is InChI=1S/C16H25N3O2/c1-11-6-5-7-14(12-8-13(17)10-18-9-12)19(11)15(20)21-16(2,3)4/h8-11,14H,5-7,17H2,1-4H3/t11-,14+/m0/s1. The van der Waals surface area contributed by atoms with E-state index in [-0.39, 0.29) is 18.2 Å². The van der Waals surface area contributed by atoms with Crippen LogP contribution in [-0.2, 0) is 4.74 Å². The number of likely N-dealkylation sites (tertiary alicyclic amines) is 1. The summed E-state index contributed by atoms with van der Waals surface area (Å²) >= 11 is 0. The lowest BCUT2D eigenvalue weighted by atomic mass is 9.92. The number of rotatable bonds is 1. The Balaban J connectivity index is 2.27. The zero-order valence-electron chi connectivity index (χ0n) is 13.3. The number of nitrogens with two attached hydrogens (primary N) is 1. The lowest BCUT2D eigenvalue weighted by molar-refractivity contribution is -0.00328. The lowest BCUT2D eigenvalue weighted by Gasteiger charge is -2.41. The summed E-state index contributed by atoms with van der Waals surface area (Å²) in [5.41, 5.74) is 6.93. The number of amides is 1. The molecule has 1 aliphatic heterocycles. The third-order valence-electron chi connectivity index (χ3n) is 3.68. The number of nitrogen functional groups attached to an aromatic ring is 1. The minimum Gasteiger partial charge on any atom is -0.444 e. The monoisotopic (exact) mass is 291 g/mol. The normalized spacial score (nSPS) is 23.0. The van der Waals surface area contributed by atoms with Crippen LogP contribution >= 0.6 is 0 Å². The van der Waals surface area contributed by atoms with Gasteiger partial charge < -0.3 is 10.5 Å².